The van der Waals surface area contributed by atoms with Crippen LogP contribution in [-0.2, 0) is 10.2 Å². The zero-order valence-electron chi connectivity index (χ0n) is 12.4. The van der Waals surface area contributed by atoms with Crippen LogP contribution in [0, 0.1) is 0 Å². The SMILES string of the molecule is CN(C)S(=O)(=O)N1CCN(c2ccc(OCN)cc2)CC1. The van der Waals surface area contributed by atoms with Gasteiger partial charge in [0.1, 0.15) is 12.5 Å². The average molecular weight is 314 g/mol. The van der Waals surface area contributed by atoms with E-state index in [4.69, 9.17) is 10.5 Å². The Kier molecular flexibility index (Phi) is 5.04. The van der Waals surface area contributed by atoms with Crippen LogP contribution < -0.4 is 15.4 Å². The van der Waals surface area contributed by atoms with Gasteiger partial charge in [-0.05, 0) is 24.3 Å². The monoisotopic (exact) mass is 314 g/mol. The van der Waals surface area contributed by atoms with E-state index < -0.39 is 10.2 Å². The predicted octanol–water partition coefficient (Wildman–Crippen LogP) is -0.0900. The van der Waals surface area contributed by atoms with Gasteiger partial charge in [-0.25, -0.2) is 0 Å². The van der Waals surface area contributed by atoms with Crippen molar-refractivity contribution in [3.8, 4) is 5.75 Å². The number of rotatable bonds is 5. The molecule has 0 spiro atoms. The minimum atomic E-state index is -3.31. The number of ether oxygens (including phenoxy) is 1. The summed E-state index contributed by atoms with van der Waals surface area (Å²) in [5.41, 5.74) is 6.38. The third-order valence-electron chi connectivity index (χ3n) is 3.48. The quantitative estimate of drug-likeness (QED) is 0.769. The molecule has 0 radical (unpaired) electrons. The number of nitrogens with two attached hydrogens (primary N) is 1. The standard InChI is InChI=1S/C13H22N4O3S/c1-15(2)21(18,19)17-9-7-16(8-10-17)12-3-5-13(6-4-12)20-11-14/h3-6H,7-11,14H2,1-2H3. The summed E-state index contributed by atoms with van der Waals surface area (Å²) < 4.78 is 32.1. The summed E-state index contributed by atoms with van der Waals surface area (Å²) in [6.45, 7) is 2.47. The molecule has 0 unspecified atom stereocenters. The average Bonchev–Trinajstić information content (AvgIpc) is 2.48. The summed E-state index contributed by atoms with van der Waals surface area (Å²) in [5.74, 6) is 0.732. The lowest BCUT2D eigenvalue weighted by Crippen LogP contribution is -2.51. The highest BCUT2D eigenvalue weighted by Gasteiger charge is 2.28. The van der Waals surface area contributed by atoms with Gasteiger partial charge in [0.05, 0.1) is 0 Å². The molecule has 1 fully saturated rings. The van der Waals surface area contributed by atoms with Crippen LogP contribution in [0.2, 0.25) is 0 Å². The molecular weight excluding hydrogens is 292 g/mol. The molecule has 0 atom stereocenters. The van der Waals surface area contributed by atoms with E-state index in [0.29, 0.717) is 26.2 Å². The van der Waals surface area contributed by atoms with Gasteiger partial charge in [0.15, 0.2) is 0 Å². The van der Waals surface area contributed by atoms with Crippen LogP contribution in [-0.4, -0.2) is 64.0 Å². The second-order valence-corrected chi connectivity index (χ2v) is 7.12. The Morgan fingerprint density at radius 2 is 1.71 bits per heavy atom. The maximum absolute atomic E-state index is 12.1. The van der Waals surface area contributed by atoms with Crippen LogP contribution >= 0.6 is 0 Å². The zero-order chi connectivity index (χ0) is 15.5. The van der Waals surface area contributed by atoms with E-state index >= 15 is 0 Å². The van der Waals surface area contributed by atoms with Crippen LogP contribution in [0.3, 0.4) is 0 Å². The van der Waals surface area contributed by atoms with E-state index in [9.17, 15) is 8.42 Å². The van der Waals surface area contributed by atoms with Crippen LogP contribution in [0.1, 0.15) is 0 Å². The van der Waals surface area contributed by atoms with Crippen molar-refractivity contribution in [3.05, 3.63) is 24.3 Å². The Morgan fingerprint density at radius 1 is 1.14 bits per heavy atom. The smallest absolute Gasteiger partial charge is 0.281 e. The highest BCUT2D eigenvalue weighted by atomic mass is 32.2. The maximum Gasteiger partial charge on any atom is 0.281 e. The maximum atomic E-state index is 12.1. The largest absolute Gasteiger partial charge is 0.479 e. The van der Waals surface area contributed by atoms with Gasteiger partial charge in [-0.1, -0.05) is 0 Å². The van der Waals surface area contributed by atoms with E-state index in [1.807, 2.05) is 24.3 Å². The summed E-state index contributed by atoms with van der Waals surface area (Å²) in [7, 11) is -0.207. The molecule has 0 amide bonds. The predicted molar refractivity (Wildman–Crippen MR) is 82.5 cm³/mol. The molecule has 2 N–H and O–H groups in total. The molecule has 1 aliphatic heterocycles. The van der Waals surface area contributed by atoms with Crippen molar-refractivity contribution in [2.24, 2.45) is 5.73 Å². The molecule has 8 heteroatoms. The van der Waals surface area contributed by atoms with Crippen molar-refractivity contribution in [3.63, 3.8) is 0 Å². The molecule has 0 saturated carbocycles. The molecule has 0 aliphatic carbocycles. The van der Waals surface area contributed by atoms with Crippen molar-refractivity contribution in [2.75, 3.05) is 51.9 Å². The first-order valence-electron chi connectivity index (χ1n) is 6.80. The third-order valence-corrected chi connectivity index (χ3v) is 5.42. The first-order chi connectivity index (χ1) is 9.95. The summed E-state index contributed by atoms with van der Waals surface area (Å²) in [6, 6.07) is 7.65. The summed E-state index contributed by atoms with van der Waals surface area (Å²) in [4.78, 5) is 2.16. The van der Waals surface area contributed by atoms with Crippen molar-refractivity contribution in [1.29, 1.82) is 0 Å². The number of benzene rings is 1. The van der Waals surface area contributed by atoms with Crippen molar-refractivity contribution < 1.29 is 13.2 Å². The highest BCUT2D eigenvalue weighted by molar-refractivity contribution is 7.86. The molecular formula is C13H22N4O3S. The lowest BCUT2D eigenvalue weighted by Gasteiger charge is -2.36. The number of anilines is 1. The minimum Gasteiger partial charge on any atom is -0.479 e. The van der Waals surface area contributed by atoms with E-state index in [1.54, 1.807) is 14.1 Å². The fourth-order valence-electron chi connectivity index (χ4n) is 2.26. The van der Waals surface area contributed by atoms with E-state index in [2.05, 4.69) is 4.90 Å². The van der Waals surface area contributed by atoms with Crippen molar-refractivity contribution >= 4 is 15.9 Å². The molecule has 0 aromatic heterocycles. The van der Waals surface area contributed by atoms with Crippen LogP contribution in [0.15, 0.2) is 24.3 Å². The lowest BCUT2D eigenvalue weighted by atomic mass is 10.2. The number of hydrogen-bond donors (Lipinski definition) is 1. The van der Waals surface area contributed by atoms with Crippen LogP contribution in [0.5, 0.6) is 5.75 Å². The van der Waals surface area contributed by atoms with Gasteiger partial charge in [-0.15, -0.1) is 0 Å². The molecule has 0 bridgehead atoms. The molecule has 1 aromatic rings. The summed E-state index contributed by atoms with van der Waals surface area (Å²) in [5, 5.41) is 0. The molecule has 21 heavy (non-hydrogen) atoms. The van der Waals surface area contributed by atoms with E-state index in [-0.39, 0.29) is 6.73 Å². The highest BCUT2D eigenvalue weighted by Crippen LogP contribution is 2.21. The zero-order valence-corrected chi connectivity index (χ0v) is 13.2. The Balaban J connectivity index is 1.98. The minimum absolute atomic E-state index is 0.153. The van der Waals surface area contributed by atoms with Gasteiger partial charge in [0, 0.05) is 46.0 Å². The van der Waals surface area contributed by atoms with Crippen LogP contribution in [0.25, 0.3) is 0 Å². The van der Waals surface area contributed by atoms with Crippen molar-refractivity contribution in [1.82, 2.24) is 8.61 Å². The Morgan fingerprint density at radius 3 is 2.19 bits per heavy atom. The van der Waals surface area contributed by atoms with Gasteiger partial charge < -0.3 is 9.64 Å². The van der Waals surface area contributed by atoms with E-state index in [1.165, 1.54) is 8.61 Å². The fraction of sp³-hybridized carbons (Fsp3) is 0.538. The van der Waals surface area contributed by atoms with Crippen LogP contribution in [0.4, 0.5) is 5.69 Å². The second kappa shape index (κ2) is 6.61. The Bertz CT molecular complexity index is 551. The normalized spacial score (nSPS) is 17.2. The summed E-state index contributed by atoms with van der Waals surface area (Å²) >= 11 is 0. The summed E-state index contributed by atoms with van der Waals surface area (Å²) in [6.07, 6.45) is 0. The topological polar surface area (TPSA) is 79.1 Å². The molecule has 1 aliphatic rings. The molecule has 118 valence electrons. The number of piperazine rings is 1. The van der Waals surface area contributed by atoms with Gasteiger partial charge >= 0.3 is 0 Å². The Hall–Kier alpha value is -1.35. The van der Waals surface area contributed by atoms with Crippen molar-refractivity contribution in [2.45, 2.75) is 0 Å². The Labute approximate surface area is 126 Å². The number of nitrogens with zero attached hydrogens (tertiary/aromatic N) is 3. The van der Waals surface area contributed by atoms with E-state index in [0.717, 1.165) is 11.4 Å². The first kappa shape index (κ1) is 16.0. The lowest BCUT2D eigenvalue weighted by molar-refractivity contribution is 0.329. The van der Waals surface area contributed by atoms with Gasteiger partial charge in [-0.2, -0.15) is 17.0 Å². The molecule has 1 saturated heterocycles. The molecule has 2 rings (SSSR count). The molecule has 1 aromatic carbocycles. The second-order valence-electron chi connectivity index (χ2n) is 4.98. The van der Waals surface area contributed by atoms with Gasteiger partial charge in [0.25, 0.3) is 10.2 Å². The molecule has 1 heterocycles. The van der Waals surface area contributed by atoms with Gasteiger partial charge in [-0.3, -0.25) is 5.73 Å². The number of hydrogen-bond acceptors (Lipinski definition) is 5. The van der Waals surface area contributed by atoms with Gasteiger partial charge in [0.2, 0.25) is 0 Å². The fourth-order valence-corrected chi connectivity index (χ4v) is 3.34. The molecule has 7 nitrogen and oxygen atoms in total. The third kappa shape index (κ3) is 3.65. The first-order valence-corrected chi connectivity index (χ1v) is 8.20.